The predicted octanol–water partition coefficient (Wildman–Crippen LogP) is -0.400. The standard InChI is InChI=1S/C12H23N3O4/c1-8(2)14-7-3-4-11(17)15-9(12(18)19)5-6-10(13)16/h8-9,14H,3-7H2,1-2H3,(H2,13,16)(H,15,17)(H,18,19). The normalized spacial score (nSPS) is 12.2. The number of rotatable bonds is 10. The fourth-order valence-electron chi connectivity index (χ4n) is 1.45. The van der Waals surface area contributed by atoms with Crippen molar-refractivity contribution < 1.29 is 19.5 Å². The van der Waals surface area contributed by atoms with Crippen LogP contribution in [0.3, 0.4) is 0 Å². The Kier molecular flexibility index (Phi) is 8.52. The molecule has 0 saturated carbocycles. The van der Waals surface area contributed by atoms with E-state index < -0.39 is 17.9 Å². The van der Waals surface area contributed by atoms with Crippen LogP contribution < -0.4 is 16.4 Å². The molecule has 1 unspecified atom stereocenters. The second-order valence-electron chi connectivity index (χ2n) is 4.68. The zero-order chi connectivity index (χ0) is 14.8. The molecule has 0 bridgehead atoms. The van der Waals surface area contributed by atoms with E-state index in [-0.39, 0.29) is 25.2 Å². The summed E-state index contributed by atoms with van der Waals surface area (Å²) in [5, 5.41) is 14.4. The van der Waals surface area contributed by atoms with Gasteiger partial charge in [0.1, 0.15) is 6.04 Å². The van der Waals surface area contributed by atoms with E-state index in [9.17, 15) is 14.4 Å². The summed E-state index contributed by atoms with van der Waals surface area (Å²) in [7, 11) is 0. The molecule has 110 valence electrons. The van der Waals surface area contributed by atoms with Gasteiger partial charge in [-0.2, -0.15) is 0 Å². The van der Waals surface area contributed by atoms with Gasteiger partial charge < -0.3 is 21.5 Å². The van der Waals surface area contributed by atoms with Gasteiger partial charge in [0.05, 0.1) is 0 Å². The lowest BCUT2D eigenvalue weighted by atomic mass is 10.1. The molecule has 0 aliphatic rings. The van der Waals surface area contributed by atoms with Crippen LogP contribution in [0.1, 0.15) is 39.5 Å². The first-order valence-electron chi connectivity index (χ1n) is 6.36. The van der Waals surface area contributed by atoms with Crippen molar-refractivity contribution in [2.45, 2.75) is 51.6 Å². The third-order valence-corrected chi connectivity index (χ3v) is 2.45. The molecule has 0 aliphatic carbocycles. The quantitative estimate of drug-likeness (QED) is 0.403. The maximum Gasteiger partial charge on any atom is 0.326 e. The maximum absolute atomic E-state index is 11.5. The molecule has 7 nitrogen and oxygen atoms in total. The van der Waals surface area contributed by atoms with Crippen molar-refractivity contribution in [3.05, 3.63) is 0 Å². The SMILES string of the molecule is CC(C)NCCCC(=O)NC(CCC(N)=O)C(=O)O. The van der Waals surface area contributed by atoms with Crippen molar-refractivity contribution in [3.8, 4) is 0 Å². The van der Waals surface area contributed by atoms with E-state index in [4.69, 9.17) is 10.8 Å². The highest BCUT2D eigenvalue weighted by Gasteiger charge is 2.20. The number of amides is 2. The van der Waals surface area contributed by atoms with Crippen molar-refractivity contribution >= 4 is 17.8 Å². The summed E-state index contributed by atoms with van der Waals surface area (Å²) in [5.41, 5.74) is 4.95. The van der Waals surface area contributed by atoms with Gasteiger partial charge in [-0.1, -0.05) is 13.8 Å². The van der Waals surface area contributed by atoms with Gasteiger partial charge >= 0.3 is 5.97 Å². The smallest absolute Gasteiger partial charge is 0.326 e. The molecule has 0 aromatic rings. The third-order valence-electron chi connectivity index (χ3n) is 2.45. The predicted molar refractivity (Wildman–Crippen MR) is 70.4 cm³/mol. The van der Waals surface area contributed by atoms with Crippen LogP contribution in [-0.4, -0.2) is 41.5 Å². The van der Waals surface area contributed by atoms with Crippen molar-refractivity contribution in [1.29, 1.82) is 0 Å². The summed E-state index contributed by atoms with van der Waals surface area (Å²) >= 11 is 0. The molecular weight excluding hydrogens is 250 g/mol. The first-order valence-corrected chi connectivity index (χ1v) is 6.36. The van der Waals surface area contributed by atoms with Gasteiger partial charge in [0.15, 0.2) is 0 Å². The maximum atomic E-state index is 11.5. The Hall–Kier alpha value is -1.63. The summed E-state index contributed by atoms with van der Waals surface area (Å²) in [6.45, 7) is 4.71. The van der Waals surface area contributed by atoms with Crippen LogP contribution in [-0.2, 0) is 14.4 Å². The van der Waals surface area contributed by atoms with E-state index in [1.54, 1.807) is 0 Å². The van der Waals surface area contributed by atoms with Crippen LogP contribution in [0, 0.1) is 0 Å². The van der Waals surface area contributed by atoms with Crippen LogP contribution in [0.25, 0.3) is 0 Å². The molecule has 0 aromatic carbocycles. The highest BCUT2D eigenvalue weighted by atomic mass is 16.4. The van der Waals surface area contributed by atoms with Gasteiger partial charge in [-0.25, -0.2) is 4.79 Å². The number of nitrogens with two attached hydrogens (primary N) is 1. The highest BCUT2D eigenvalue weighted by molar-refractivity contribution is 5.84. The van der Waals surface area contributed by atoms with Gasteiger partial charge in [-0.3, -0.25) is 9.59 Å². The minimum absolute atomic E-state index is 0.0145. The number of carboxylic acids is 1. The summed E-state index contributed by atoms with van der Waals surface area (Å²) < 4.78 is 0. The summed E-state index contributed by atoms with van der Waals surface area (Å²) in [6.07, 6.45) is 0.832. The van der Waals surface area contributed by atoms with Crippen molar-refractivity contribution in [2.75, 3.05) is 6.54 Å². The Balaban J connectivity index is 3.96. The molecule has 0 aromatic heterocycles. The number of nitrogens with one attached hydrogen (secondary N) is 2. The lowest BCUT2D eigenvalue weighted by Gasteiger charge is -2.14. The third kappa shape index (κ3) is 10.0. The minimum atomic E-state index is -1.16. The molecule has 2 amide bonds. The van der Waals surface area contributed by atoms with Crippen LogP contribution in [0.5, 0.6) is 0 Å². The Morgan fingerprint density at radius 2 is 1.84 bits per heavy atom. The average molecular weight is 273 g/mol. The Labute approximate surface area is 112 Å². The van der Waals surface area contributed by atoms with E-state index in [2.05, 4.69) is 10.6 Å². The van der Waals surface area contributed by atoms with Gasteiger partial charge in [0.2, 0.25) is 11.8 Å². The highest BCUT2D eigenvalue weighted by Crippen LogP contribution is 1.99. The molecule has 1 atom stereocenters. The Bertz CT molecular complexity index is 318. The molecule has 0 rings (SSSR count). The molecule has 0 radical (unpaired) electrons. The average Bonchev–Trinajstić information content (AvgIpc) is 2.29. The lowest BCUT2D eigenvalue weighted by molar-refractivity contribution is -0.142. The second-order valence-corrected chi connectivity index (χ2v) is 4.68. The van der Waals surface area contributed by atoms with Crippen LogP contribution in [0.2, 0.25) is 0 Å². The van der Waals surface area contributed by atoms with E-state index in [0.29, 0.717) is 19.0 Å². The molecule has 19 heavy (non-hydrogen) atoms. The van der Waals surface area contributed by atoms with E-state index >= 15 is 0 Å². The van der Waals surface area contributed by atoms with E-state index in [0.717, 1.165) is 0 Å². The molecule has 0 heterocycles. The number of hydrogen-bond acceptors (Lipinski definition) is 4. The van der Waals surface area contributed by atoms with E-state index in [1.807, 2.05) is 13.8 Å². The summed E-state index contributed by atoms with van der Waals surface area (Å²) in [4.78, 5) is 33.0. The summed E-state index contributed by atoms with van der Waals surface area (Å²) in [5.74, 6) is -2.07. The fraction of sp³-hybridized carbons (Fsp3) is 0.750. The fourth-order valence-corrected chi connectivity index (χ4v) is 1.45. The number of aliphatic carboxylic acids is 1. The van der Waals surface area contributed by atoms with Gasteiger partial charge in [0.25, 0.3) is 0 Å². The van der Waals surface area contributed by atoms with Crippen LogP contribution >= 0.6 is 0 Å². The number of carboxylic acid groups (broad SMARTS) is 1. The van der Waals surface area contributed by atoms with Gasteiger partial charge in [-0.05, 0) is 19.4 Å². The zero-order valence-corrected chi connectivity index (χ0v) is 11.4. The first kappa shape index (κ1) is 17.4. The second kappa shape index (κ2) is 9.32. The Morgan fingerprint density at radius 1 is 1.21 bits per heavy atom. The van der Waals surface area contributed by atoms with Crippen LogP contribution in [0.4, 0.5) is 0 Å². The Morgan fingerprint density at radius 3 is 2.32 bits per heavy atom. The first-order chi connectivity index (χ1) is 8.82. The monoisotopic (exact) mass is 273 g/mol. The van der Waals surface area contributed by atoms with E-state index in [1.165, 1.54) is 0 Å². The molecule has 0 saturated heterocycles. The number of carbonyl (C=O) groups excluding carboxylic acids is 2. The van der Waals surface area contributed by atoms with Gasteiger partial charge in [-0.15, -0.1) is 0 Å². The lowest BCUT2D eigenvalue weighted by Crippen LogP contribution is -2.41. The molecular formula is C12H23N3O4. The number of primary amides is 1. The van der Waals surface area contributed by atoms with Crippen LogP contribution in [0.15, 0.2) is 0 Å². The zero-order valence-electron chi connectivity index (χ0n) is 11.4. The van der Waals surface area contributed by atoms with Crippen molar-refractivity contribution in [2.24, 2.45) is 5.73 Å². The largest absolute Gasteiger partial charge is 0.480 e. The number of hydrogen-bond donors (Lipinski definition) is 4. The van der Waals surface area contributed by atoms with Crippen molar-refractivity contribution in [1.82, 2.24) is 10.6 Å². The molecule has 0 aliphatic heterocycles. The molecule has 0 spiro atoms. The topological polar surface area (TPSA) is 122 Å². The number of carbonyl (C=O) groups is 3. The molecule has 7 heteroatoms. The van der Waals surface area contributed by atoms with Crippen molar-refractivity contribution in [3.63, 3.8) is 0 Å². The summed E-state index contributed by atoms with van der Waals surface area (Å²) in [6, 6.07) is -0.705. The minimum Gasteiger partial charge on any atom is -0.480 e. The van der Waals surface area contributed by atoms with Gasteiger partial charge in [0, 0.05) is 18.9 Å². The molecule has 0 fully saturated rings. The molecule has 5 N–H and O–H groups in total.